The first-order valence-electron chi connectivity index (χ1n) is 8.97. The molecule has 1 aromatic carbocycles. The lowest BCUT2D eigenvalue weighted by Crippen LogP contribution is -2.48. The fourth-order valence-corrected chi connectivity index (χ4v) is 4.27. The third-order valence-corrected chi connectivity index (χ3v) is 5.91. The van der Waals surface area contributed by atoms with E-state index in [0.29, 0.717) is 5.56 Å². The number of piperazine rings is 1. The molecule has 7 heteroatoms. The predicted octanol–water partition coefficient (Wildman–Crippen LogP) is 3.10. The Labute approximate surface area is 162 Å². The lowest BCUT2D eigenvalue weighted by Gasteiger charge is -2.34. The Hall–Kier alpha value is -2.64. The average molecular weight is 382 g/mol. The third-order valence-electron chi connectivity index (χ3n) is 4.80. The molecule has 2 aromatic heterocycles. The van der Waals surface area contributed by atoms with Gasteiger partial charge >= 0.3 is 0 Å². The first kappa shape index (κ1) is 17.8. The molecule has 0 atom stereocenters. The predicted molar refractivity (Wildman–Crippen MR) is 106 cm³/mol. The van der Waals surface area contributed by atoms with Crippen molar-refractivity contribution in [3.8, 4) is 16.3 Å². The van der Waals surface area contributed by atoms with Crippen LogP contribution in [0, 0.1) is 0 Å². The van der Waals surface area contributed by atoms with Gasteiger partial charge < -0.3 is 9.64 Å². The molecule has 3 aromatic rings. The van der Waals surface area contributed by atoms with E-state index in [2.05, 4.69) is 27.2 Å². The highest BCUT2D eigenvalue weighted by atomic mass is 32.1. The van der Waals surface area contributed by atoms with Gasteiger partial charge in [-0.05, 0) is 42.5 Å². The van der Waals surface area contributed by atoms with E-state index in [1.807, 2.05) is 35.2 Å². The van der Waals surface area contributed by atoms with Gasteiger partial charge in [0.25, 0.3) is 5.91 Å². The molecule has 1 N–H and O–H groups in total. The van der Waals surface area contributed by atoms with E-state index in [0.717, 1.165) is 44.2 Å². The van der Waals surface area contributed by atoms with Crippen molar-refractivity contribution in [1.82, 2.24) is 20.0 Å². The number of nitrogens with one attached hydrogen (secondary N) is 1. The number of aromatic nitrogens is 2. The molecule has 1 amide bonds. The van der Waals surface area contributed by atoms with Crippen LogP contribution in [-0.2, 0) is 6.54 Å². The molecule has 0 saturated carbocycles. The first-order valence-corrected chi connectivity index (χ1v) is 9.79. The van der Waals surface area contributed by atoms with E-state index in [1.54, 1.807) is 24.6 Å². The van der Waals surface area contributed by atoms with Crippen molar-refractivity contribution in [1.29, 1.82) is 0 Å². The number of nitrogens with zero attached hydrogens (tertiary/aromatic N) is 3. The lowest BCUT2D eigenvalue weighted by molar-refractivity contribution is 0.0629. The molecule has 0 aliphatic carbocycles. The topological polar surface area (TPSA) is 61.5 Å². The Morgan fingerprint density at radius 2 is 1.89 bits per heavy atom. The number of benzene rings is 1. The smallest absolute Gasteiger partial charge is 0.253 e. The number of rotatable bonds is 5. The molecule has 0 radical (unpaired) electrons. The molecule has 1 aliphatic heterocycles. The quantitative estimate of drug-likeness (QED) is 0.737. The van der Waals surface area contributed by atoms with Crippen molar-refractivity contribution >= 4 is 17.2 Å². The molecule has 0 unspecified atom stereocenters. The normalized spacial score (nSPS) is 15.1. The van der Waals surface area contributed by atoms with Crippen LogP contribution in [-0.4, -0.2) is 59.2 Å². The molecule has 0 bridgehead atoms. The zero-order valence-corrected chi connectivity index (χ0v) is 16.0. The van der Waals surface area contributed by atoms with E-state index in [-0.39, 0.29) is 5.91 Å². The summed E-state index contributed by atoms with van der Waals surface area (Å²) in [6, 6.07) is 13.6. The van der Waals surface area contributed by atoms with Crippen LogP contribution in [0.3, 0.4) is 0 Å². The number of aromatic amines is 1. The van der Waals surface area contributed by atoms with Crippen molar-refractivity contribution in [3.05, 3.63) is 59.1 Å². The second-order valence-corrected chi connectivity index (χ2v) is 7.70. The van der Waals surface area contributed by atoms with E-state index >= 15 is 0 Å². The summed E-state index contributed by atoms with van der Waals surface area (Å²) in [7, 11) is 1.63. The largest absolute Gasteiger partial charge is 0.497 e. The van der Waals surface area contributed by atoms with E-state index in [1.165, 1.54) is 9.75 Å². The fraction of sp³-hybridized carbons (Fsp3) is 0.300. The van der Waals surface area contributed by atoms with E-state index in [9.17, 15) is 4.79 Å². The molecule has 3 heterocycles. The van der Waals surface area contributed by atoms with Crippen molar-refractivity contribution < 1.29 is 9.53 Å². The van der Waals surface area contributed by atoms with Crippen LogP contribution in [0.25, 0.3) is 10.6 Å². The van der Waals surface area contributed by atoms with Gasteiger partial charge in [-0.2, -0.15) is 5.10 Å². The highest BCUT2D eigenvalue weighted by Crippen LogP contribution is 2.27. The summed E-state index contributed by atoms with van der Waals surface area (Å²) in [4.78, 5) is 19.5. The summed E-state index contributed by atoms with van der Waals surface area (Å²) in [5, 5.41) is 7.02. The summed E-state index contributed by atoms with van der Waals surface area (Å²) in [5.41, 5.74) is 1.77. The number of thiophene rings is 1. The second-order valence-electron chi connectivity index (χ2n) is 6.53. The number of H-pyrrole nitrogens is 1. The fourth-order valence-electron chi connectivity index (χ4n) is 3.25. The number of hydrogen-bond acceptors (Lipinski definition) is 5. The van der Waals surface area contributed by atoms with Crippen LogP contribution < -0.4 is 4.74 Å². The van der Waals surface area contributed by atoms with Gasteiger partial charge in [-0.3, -0.25) is 14.8 Å². The minimum Gasteiger partial charge on any atom is -0.497 e. The van der Waals surface area contributed by atoms with Gasteiger partial charge in [0.05, 0.1) is 17.7 Å². The molecule has 0 spiro atoms. The van der Waals surface area contributed by atoms with Crippen molar-refractivity contribution in [2.45, 2.75) is 6.54 Å². The number of methoxy groups -OCH3 is 1. The van der Waals surface area contributed by atoms with Crippen LogP contribution in [0.2, 0.25) is 0 Å². The maximum Gasteiger partial charge on any atom is 0.253 e. The molecular weight excluding hydrogens is 360 g/mol. The van der Waals surface area contributed by atoms with Gasteiger partial charge in [0, 0.05) is 49.4 Å². The summed E-state index contributed by atoms with van der Waals surface area (Å²) >= 11 is 1.79. The van der Waals surface area contributed by atoms with Gasteiger partial charge in [-0.1, -0.05) is 0 Å². The average Bonchev–Trinajstić information content (AvgIpc) is 3.40. The van der Waals surface area contributed by atoms with E-state index < -0.39 is 0 Å². The zero-order chi connectivity index (χ0) is 18.6. The van der Waals surface area contributed by atoms with Crippen molar-refractivity contribution in [3.63, 3.8) is 0 Å². The molecule has 27 heavy (non-hydrogen) atoms. The summed E-state index contributed by atoms with van der Waals surface area (Å²) in [6.45, 7) is 4.20. The van der Waals surface area contributed by atoms with Crippen LogP contribution in [0.1, 0.15) is 15.2 Å². The lowest BCUT2D eigenvalue weighted by atomic mass is 10.1. The minimum atomic E-state index is 0.0926. The third kappa shape index (κ3) is 4.04. The molecular formula is C20H22N4O2S. The van der Waals surface area contributed by atoms with Crippen LogP contribution >= 0.6 is 11.3 Å². The molecule has 1 saturated heterocycles. The molecule has 6 nitrogen and oxygen atoms in total. The van der Waals surface area contributed by atoms with E-state index in [4.69, 9.17) is 4.74 Å². The Morgan fingerprint density at radius 1 is 1.11 bits per heavy atom. The standard InChI is InChI=1S/C20H22N4O2S/c1-26-16-4-2-15(3-5-16)20(25)24-12-10-23(11-13-24)14-17-6-7-19(27-17)18-8-9-21-22-18/h2-9H,10-14H2,1H3,(H,21,22). The maximum absolute atomic E-state index is 12.7. The van der Waals surface area contributed by atoms with Gasteiger partial charge in [0.15, 0.2) is 0 Å². The summed E-state index contributed by atoms with van der Waals surface area (Å²) < 4.78 is 5.15. The number of ether oxygens (including phenoxy) is 1. The number of hydrogen-bond donors (Lipinski definition) is 1. The van der Waals surface area contributed by atoms with Crippen LogP contribution in [0.4, 0.5) is 0 Å². The summed E-state index contributed by atoms with van der Waals surface area (Å²) in [6.07, 6.45) is 1.77. The Morgan fingerprint density at radius 3 is 2.56 bits per heavy atom. The Bertz CT molecular complexity index is 881. The Kier molecular flexibility index (Phi) is 5.22. The second kappa shape index (κ2) is 7.94. The zero-order valence-electron chi connectivity index (χ0n) is 15.2. The number of carbonyl (C=O) groups excluding carboxylic acids is 1. The number of carbonyl (C=O) groups is 1. The summed E-state index contributed by atoms with van der Waals surface area (Å²) in [5.74, 6) is 0.858. The molecule has 1 aliphatic rings. The SMILES string of the molecule is COc1ccc(C(=O)N2CCN(Cc3ccc(-c4ccn[nH]4)s3)CC2)cc1. The van der Waals surface area contributed by atoms with Gasteiger partial charge in [0.2, 0.25) is 0 Å². The van der Waals surface area contributed by atoms with Gasteiger partial charge in [-0.25, -0.2) is 0 Å². The van der Waals surface area contributed by atoms with Gasteiger partial charge in [-0.15, -0.1) is 11.3 Å². The highest BCUT2D eigenvalue weighted by Gasteiger charge is 2.22. The van der Waals surface area contributed by atoms with Gasteiger partial charge in [0.1, 0.15) is 5.75 Å². The van der Waals surface area contributed by atoms with Crippen molar-refractivity contribution in [2.75, 3.05) is 33.3 Å². The first-order chi connectivity index (χ1) is 13.2. The minimum absolute atomic E-state index is 0.0926. The maximum atomic E-state index is 12.7. The molecule has 140 valence electrons. The van der Waals surface area contributed by atoms with Crippen LogP contribution in [0.5, 0.6) is 5.75 Å². The number of amides is 1. The van der Waals surface area contributed by atoms with Crippen LogP contribution in [0.15, 0.2) is 48.7 Å². The van der Waals surface area contributed by atoms with Crippen molar-refractivity contribution in [2.24, 2.45) is 0 Å². The molecule has 1 fully saturated rings. The highest BCUT2D eigenvalue weighted by molar-refractivity contribution is 7.15. The Balaban J connectivity index is 1.31. The monoisotopic (exact) mass is 382 g/mol. The molecule has 4 rings (SSSR count).